The van der Waals surface area contributed by atoms with Gasteiger partial charge in [-0.2, -0.15) is 4.31 Å². The fourth-order valence-electron chi connectivity index (χ4n) is 3.30. The first-order valence-corrected chi connectivity index (χ1v) is 9.37. The van der Waals surface area contributed by atoms with Gasteiger partial charge < -0.3 is 4.90 Å². The van der Waals surface area contributed by atoms with Crippen LogP contribution < -0.4 is 4.90 Å². The highest BCUT2D eigenvalue weighted by atomic mass is 32.2. The van der Waals surface area contributed by atoms with E-state index in [1.165, 1.54) is 6.33 Å². The molecule has 3 heterocycles. The summed E-state index contributed by atoms with van der Waals surface area (Å²) < 4.78 is 39.9. The lowest BCUT2D eigenvalue weighted by Crippen LogP contribution is -2.46. The van der Waals surface area contributed by atoms with Crippen molar-refractivity contribution in [1.29, 1.82) is 0 Å². The summed E-state index contributed by atoms with van der Waals surface area (Å²) in [5.74, 6) is 0.250. The third kappa shape index (κ3) is 2.81. The molecule has 0 saturated carbocycles. The smallest absolute Gasteiger partial charge is 0.214 e. The molecule has 2 aliphatic heterocycles. The van der Waals surface area contributed by atoms with Crippen LogP contribution in [-0.2, 0) is 16.4 Å². The van der Waals surface area contributed by atoms with Gasteiger partial charge in [0.1, 0.15) is 6.33 Å². The molecular weight excluding hydrogens is 307 g/mol. The summed E-state index contributed by atoms with van der Waals surface area (Å²) in [6.45, 7) is 3.72. The number of piperidine rings is 1. The minimum Gasteiger partial charge on any atom is -0.354 e. The fraction of sp³-hybridized carbons (Fsp3) is 0.714. The molecule has 0 unspecified atom stereocenters. The number of rotatable bonds is 3. The van der Waals surface area contributed by atoms with Crippen molar-refractivity contribution in [1.82, 2.24) is 14.3 Å². The maximum absolute atomic E-state index is 14.3. The molecule has 3 rings (SSSR count). The van der Waals surface area contributed by atoms with E-state index in [1.807, 2.05) is 11.8 Å². The number of aromatic nitrogens is 2. The number of sulfonamides is 1. The Labute approximate surface area is 130 Å². The number of aryl methyl sites for hydroxylation is 1. The molecule has 0 aliphatic carbocycles. The van der Waals surface area contributed by atoms with Crippen LogP contribution >= 0.6 is 0 Å². The van der Waals surface area contributed by atoms with Crippen molar-refractivity contribution in [3.05, 3.63) is 17.8 Å². The van der Waals surface area contributed by atoms with Gasteiger partial charge in [-0.25, -0.2) is 22.8 Å². The average molecular weight is 328 g/mol. The Balaban J connectivity index is 1.70. The zero-order chi connectivity index (χ0) is 15.7. The number of anilines is 1. The first-order chi connectivity index (χ1) is 10.5. The number of hydrogen-bond acceptors (Lipinski definition) is 5. The summed E-state index contributed by atoms with van der Waals surface area (Å²) in [6, 6.07) is 0.0410. The lowest BCUT2D eigenvalue weighted by molar-refractivity contribution is 0.289. The average Bonchev–Trinajstić information content (AvgIpc) is 2.87. The van der Waals surface area contributed by atoms with E-state index in [2.05, 4.69) is 9.97 Å². The number of halogens is 1. The molecule has 1 aromatic heterocycles. The molecule has 6 nitrogen and oxygen atoms in total. The Morgan fingerprint density at radius 1 is 1.27 bits per heavy atom. The van der Waals surface area contributed by atoms with E-state index in [-0.39, 0.29) is 17.6 Å². The predicted octanol–water partition coefficient (Wildman–Crippen LogP) is 1.18. The van der Waals surface area contributed by atoms with Crippen LogP contribution in [-0.4, -0.2) is 54.1 Å². The van der Waals surface area contributed by atoms with Crippen LogP contribution in [0.15, 0.2) is 6.33 Å². The van der Waals surface area contributed by atoms with Gasteiger partial charge in [0.2, 0.25) is 10.0 Å². The molecule has 1 aromatic rings. The van der Waals surface area contributed by atoms with E-state index in [9.17, 15) is 12.8 Å². The van der Waals surface area contributed by atoms with Crippen LogP contribution in [0.5, 0.6) is 0 Å². The first kappa shape index (κ1) is 15.6. The van der Waals surface area contributed by atoms with Gasteiger partial charge in [0.15, 0.2) is 11.6 Å². The minimum absolute atomic E-state index is 0.0410. The minimum atomic E-state index is -3.07. The summed E-state index contributed by atoms with van der Waals surface area (Å²) >= 11 is 0. The van der Waals surface area contributed by atoms with Gasteiger partial charge >= 0.3 is 0 Å². The quantitative estimate of drug-likeness (QED) is 0.834. The zero-order valence-corrected chi connectivity index (χ0v) is 13.5. The van der Waals surface area contributed by atoms with Crippen LogP contribution in [0.3, 0.4) is 0 Å². The lowest BCUT2D eigenvalue weighted by Gasteiger charge is -2.36. The molecule has 0 atom stereocenters. The van der Waals surface area contributed by atoms with Crippen molar-refractivity contribution in [3.8, 4) is 0 Å². The molecule has 22 heavy (non-hydrogen) atoms. The van der Waals surface area contributed by atoms with Crippen molar-refractivity contribution in [2.45, 2.75) is 38.6 Å². The van der Waals surface area contributed by atoms with Crippen LogP contribution in [0.25, 0.3) is 0 Å². The summed E-state index contributed by atoms with van der Waals surface area (Å²) in [7, 11) is -3.07. The maximum Gasteiger partial charge on any atom is 0.214 e. The van der Waals surface area contributed by atoms with Crippen LogP contribution in [0, 0.1) is 5.82 Å². The second kappa shape index (κ2) is 6.08. The predicted molar refractivity (Wildman–Crippen MR) is 81.7 cm³/mol. The molecule has 8 heteroatoms. The Bertz CT molecular complexity index is 644. The monoisotopic (exact) mass is 328 g/mol. The molecule has 0 spiro atoms. The van der Waals surface area contributed by atoms with Gasteiger partial charge in [-0.05, 0) is 25.7 Å². The summed E-state index contributed by atoms with van der Waals surface area (Å²) in [6.07, 6.45) is 4.06. The highest BCUT2D eigenvalue weighted by Gasteiger charge is 2.36. The van der Waals surface area contributed by atoms with Gasteiger partial charge in [-0.1, -0.05) is 6.92 Å². The molecule has 0 bridgehead atoms. The zero-order valence-electron chi connectivity index (χ0n) is 12.7. The van der Waals surface area contributed by atoms with Crippen molar-refractivity contribution in [2.75, 3.05) is 30.3 Å². The molecule has 2 fully saturated rings. The van der Waals surface area contributed by atoms with Crippen LogP contribution in [0.1, 0.15) is 31.9 Å². The van der Waals surface area contributed by atoms with Gasteiger partial charge in [0, 0.05) is 25.7 Å². The van der Waals surface area contributed by atoms with Gasteiger partial charge in [0.05, 0.1) is 11.4 Å². The van der Waals surface area contributed by atoms with Crippen molar-refractivity contribution in [2.24, 2.45) is 0 Å². The second-order valence-electron chi connectivity index (χ2n) is 5.81. The molecule has 0 radical (unpaired) electrons. The number of hydrogen-bond donors (Lipinski definition) is 0. The molecule has 2 aliphatic rings. The SMILES string of the molecule is CCc1ncnc(N2CCC(N3CCCS3(=O)=O)CC2)c1F. The second-order valence-corrected chi connectivity index (χ2v) is 7.85. The molecule has 0 N–H and O–H groups in total. The van der Waals surface area contributed by atoms with Gasteiger partial charge in [-0.15, -0.1) is 0 Å². The van der Waals surface area contributed by atoms with E-state index < -0.39 is 10.0 Å². The van der Waals surface area contributed by atoms with E-state index in [0.29, 0.717) is 56.8 Å². The van der Waals surface area contributed by atoms with E-state index in [1.54, 1.807) is 4.31 Å². The highest BCUT2D eigenvalue weighted by Crippen LogP contribution is 2.27. The van der Waals surface area contributed by atoms with Crippen LogP contribution in [0.4, 0.5) is 10.2 Å². The van der Waals surface area contributed by atoms with E-state index in [4.69, 9.17) is 0 Å². The molecule has 2 saturated heterocycles. The normalized spacial score (nSPS) is 23.1. The van der Waals surface area contributed by atoms with Crippen LogP contribution in [0.2, 0.25) is 0 Å². The summed E-state index contributed by atoms with van der Waals surface area (Å²) in [4.78, 5) is 9.92. The van der Waals surface area contributed by atoms with E-state index in [0.717, 1.165) is 0 Å². The van der Waals surface area contributed by atoms with E-state index >= 15 is 0 Å². The highest BCUT2D eigenvalue weighted by molar-refractivity contribution is 7.89. The van der Waals surface area contributed by atoms with Gasteiger partial charge in [0.25, 0.3) is 0 Å². The Morgan fingerprint density at radius 3 is 2.59 bits per heavy atom. The molecule has 0 aromatic carbocycles. The Hall–Kier alpha value is -1.28. The van der Waals surface area contributed by atoms with Gasteiger partial charge in [-0.3, -0.25) is 0 Å². The Kier molecular flexibility index (Phi) is 4.31. The molecule has 122 valence electrons. The lowest BCUT2D eigenvalue weighted by atomic mass is 10.0. The van der Waals surface area contributed by atoms with Crippen molar-refractivity contribution >= 4 is 15.8 Å². The maximum atomic E-state index is 14.3. The fourth-order valence-corrected chi connectivity index (χ4v) is 5.10. The molecular formula is C14H21FN4O2S. The largest absolute Gasteiger partial charge is 0.354 e. The van der Waals surface area contributed by atoms with Crippen molar-refractivity contribution in [3.63, 3.8) is 0 Å². The topological polar surface area (TPSA) is 66.4 Å². The first-order valence-electron chi connectivity index (χ1n) is 7.76. The summed E-state index contributed by atoms with van der Waals surface area (Å²) in [5, 5.41) is 0. The molecule has 0 amide bonds. The standard InChI is InChI=1S/C14H21FN4O2S/c1-2-12-13(15)14(17-10-16-12)18-7-4-11(5-8-18)19-6-3-9-22(19,20)21/h10-11H,2-9H2,1H3. The Morgan fingerprint density at radius 2 is 2.00 bits per heavy atom. The third-order valence-electron chi connectivity index (χ3n) is 4.49. The number of nitrogens with zero attached hydrogens (tertiary/aromatic N) is 4. The van der Waals surface area contributed by atoms with Crippen molar-refractivity contribution < 1.29 is 12.8 Å². The third-order valence-corrected chi connectivity index (χ3v) is 6.49. The summed E-state index contributed by atoms with van der Waals surface area (Å²) in [5.41, 5.74) is 0.425.